The quantitative estimate of drug-likeness (QED) is 0.0922. The Hall–Kier alpha value is -3.24. The SMILES string of the molecule is C.C.C.C.C.C.C.C.C.C.CCC(C)(C)C(=O)N1C(=O)C2CCCC21.CCC(C)(C)C(=O)OC1(C(C)C)C2CC3CC(C2)CC1C3.CCC(C)(C)C(=O)OC12CC3CC(CC(O)(C3)C1)C2.CCC(C)(C)C(=O)OC1CCOC1=O.CCC(C)(C)C(=O)OC1CSCCO1. The number of fused-ring (bicyclic) bond motifs is 1. The molecular formula is C77H151NO14S. The van der Waals surface area contributed by atoms with Crippen LogP contribution in [0.3, 0.4) is 0 Å². The van der Waals surface area contributed by atoms with E-state index in [0.717, 1.165) is 94.0 Å². The Bertz CT molecular complexity index is 2260. The van der Waals surface area contributed by atoms with Gasteiger partial charge in [-0.2, -0.15) is 11.8 Å². The van der Waals surface area contributed by atoms with Gasteiger partial charge in [0.1, 0.15) is 11.2 Å². The molecule has 0 aromatic rings. The second-order valence-electron chi connectivity index (χ2n) is 30.4. The van der Waals surface area contributed by atoms with E-state index in [1.54, 1.807) is 25.6 Å². The third-order valence-corrected chi connectivity index (χ3v) is 22.8. The molecule has 2 amide bonds. The number of ether oxygens (including phenoxy) is 6. The lowest BCUT2D eigenvalue weighted by atomic mass is 9.47. The molecule has 1 N–H and O–H groups in total. The third-order valence-electron chi connectivity index (χ3n) is 21.8. The predicted octanol–water partition coefficient (Wildman–Crippen LogP) is 19.5. The summed E-state index contributed by atoms with van der Waals surface area (Å²) < 4.78 is 32.7. The number of amides is 2. The molecule has 6 unspecified atom stereocenters. The number of nitrogens with zero attached hydrogens (tertiary/aromatic N) is 1. The van der Waals surface area contributed by atoms with Gasteiger partial charge in [0.25, 0.3) is 0 Å². The van der Waals surface area contributed by atoms with E-state index >= 15 is 0 Å². The van der Waals surface area contributed by atoms with E-state index < -0.39 is 33.9 Å². The highest BCUT2D eigenvalue weighted by Crippen LogP contribution is 2.63. The molecule has 12 fully saturated rings. The van der Waals surface area contributed by atoms with Crippen LogP contribution in [-0.4, -0.2) is 112 Å². The van der Waals surface area contributed by atoms with Crippen LogP contribution >= 0.6 is 11.8 Å². The summed E-state index contributed by atoms with van der Waals surface area (Å²) >= 11 is 1.76. The highest BCUT2D eigenvalue weighted by atomic mass is 32.2. The van der Waals surface area contributed by atoms with Gasteiger partial charge in [-0.05, 0) is 206 Å². The first-order chi connectivity index (χ1) is 38.6. The summed E-state index contributed by atoms with van der Waals surface area (Å²) in [6.45, 7) is 34.8. The molecule has 8 bridgehead atoms. The molecule has 0 aromatic carbocycles. The number of aliphatic hydroxyl groups is 1. The Labute approximate surface area is 577 Å². The van der Waals surface area contributed by atoms with Gasteiger partial charge in [-0.3, -0.25) is 33.7 Å². The lowest BCUT2D eigenvalue weighted by Gasteiger charge is -2.62. The first-order valence-electron chi connectivity index (χ1n) is 32.4. The summed E-state index contributed by atoms with van der Waals surface area (Å²) in [6, 6.07) is 0.232. The monoisotopic (exact) mass is 1350 g/mol. The number of likely N-dealkylation sites (tertiary alicyclic amines) is 1. The van der Waals surface area contributed by atoms with Gasteiger partial charge in [-0.25, -0.2) is 4.79 Å². The Kier molecular flexibility index (Phi) is 41.1. The van der Waals surface area contributed by atoms with Gasteiger partial charge in [0.2, 0.25) is 24.2 Å². The van der Waals surface area contributed by atoms with Crippen molar-refractivity contribution >= 4 is 53.4 Å². The van der Waals surface area contributed by atoms with Crippen LogP contribution in [0.25, 0.3) is 0 Å². The highest BCUT2D eigenvalue weighted by Gasteiger charge is 2.62. The van der Waals surface area contributed by atoms with Crippen molar-refractivity contribution in [3.63, 3.8) is 0 Å². The minimum absolute atomic E-state index is 0. The maximum atomic E-state index is 12.8. The molecule has 12 rings (SSSR count). The number of hydrogen-bond donors (Lipinski definition) is 1. The number of hydrogen-bond acceptors (Lipinski definition) is 15. The molecule has 16 heteroatoms. The second-order valence-corrected chi connectivity index (χ2v) is 31.5. The largest absolute Gasteiger partial charge is 0.463 e. The van der Waals surface area contributed by atoms with Gasteiger partial charge < -0.3 is 33.5 Å². The van der Waals surface area contributed by atoms with E-state index in [-0.39, 0.29) is 150 Å². The molecular weight excluding hydrogens is 1190 g/mol. The Morgan fingerprint density at radius 2 is 0.989 bits per heavy atom. The minimum atomic E-state index is -0.687. The van der Waals surface area contributed by atoms with Crippen molar-refractivity contribution in [1.29, 1.82) is 0 Å². The number of imide groups is 1. The lowest BCUT2D eigenvalue weighted by Crippen LogP contribution is -2.63. The number of thioether (sulfide) groups is 1. The molecule has 3 aliphatic heterocycles. The van der Waals surface area contributed by atoms with Crippen LogP contribution in [-0.2, 0) is 62.0 Å². The molecule has 15 nitrogen and oxygen atoms in total. The Morgan fingerprint density at radius 3 is 1.39 bits per heavy atom. The molecule has 6 atom stereocenters. The molecule has 9 saturated carbocycles. The number of carbonyl (C=O) groups excluding carboxylic acids is 7. The zero-order valence-corrected chi connectivity index (χ0v) is 55.2. The van der Waals surface area contributed by atoms with Gasteiger partial charge in [0, 0.05) is 24.0 Å². The smallest absolute Gasteiger partial charge is 0.347 e. The third kappa shape index (κ3) is 22.6. The zero-order chi connectivity index (χ0) is 61.9. The van der Waals surface area contributed by atoms with E-state index in [9.17, 15) is 38.7 Å². The summed E-state index contributed by atoms with van der Waals surface area (Å²) in [6.07, 6.45) is 18.7. The van der Waals surface area contributed by atoms with Crippen LogP contribution in [0.4, 0.5) is 0 Å². The van der Waals surface area contributed by atoms with E-state index in [1.165, 1.54) is 43.4 Å². The molecule has 3 saturated heterocycles. The Morgan fingerprint density at radius 1 is 0.559 bits per heavy atom. The summed E-state index contributed by atoms with van der Waals surface area (Å²) in [4.78, 5) is 84.8. The van der Waals surface area contributed by atoms with Crippen molar-refractivity contribution in [3.05, 3.63) is 0 Å². The van der Waals surface area contributed by atoms with Crippen molar-refractivity contribution in [3.8, 4) is 0 Å². The number of rotatable bonds is 15. The normalized spacial score (nSPS) is 30.1. The maximum Gasteiger partial charge on any atom is 0.347 e. The molecule has 0 spiro atoms. The van der Waals surface area contributed by atoms with Crippen molar-refractivity contribution in [2.45, 2.75) is 356 Å². The average Bonchev–Trinajstić information content (AvgIpc) is 1.17. The molecule has 554 valence electrons. The maximum absolute atomic E-state index is 12.8. The van der Waals surface area contributed by atoms with Crippen molar-refractivity contribution < 1.29 is 67.1 Å². The average molecular weight is 1350 g/mol. The predicted molar refractivity (Wildman–Crippen MR) is 388 cm³/mol. The summed E-state index contributed by atoms with van der Waals surface area (Å²) in [7, 11) is 0. The van der Waals surface area contributed by atoms with Crippen LogP contribution in [0.2, 0.25) is 0 Å². The molecule has 12 aliphatic rings. The fourth-order valence-corrected chi connectivity index (χ4v) is 15.6. The number of carbonyl (C=O) groups is 7. The first kappa shape index (κ1) is 98.4. The van der Waals surface area contributed by atoms with Crippen molar-refractivity contribution in [1.82, 2.24) is 4.90 Å². The number of cyclic esters (lactones) is 1. The van der Waals surface area contributed by atoms with Gasteiger partial charge in [-0.15, -0.1) is 0 Å². The molecule has 3 heterocycles. The number of esters is 5. The van der Waals surface area contributed by atoms with E-state index in [1.807, 2.05) is 83.1 Å². The van der Waals surface area contributed by atoms with Gasteiger partial charge >= 0.3 is 29.8 Å². The van der Waals surface area contributed by atoms with Crippen LogP contribution in [0, 0.1) is 74.4 Å². The lowest BCUT2D eigenvalue weighted by molar-refractivity contribution is -0.231. The standard InChI is InChI=1S/C19H32O2.C16H26O3.C12H19NO2.C10H16O4.C10H18O3S.10CH4/c1-6-18(4,5)17(20)21-19(12(2)3)15-8-13-7-14(10-15)11-16(19)9-13;1-4-14(2,3)13(17)19-16-8-11-5-12(9-16)7-15(18,6-11)10-16;1-4-12(2,3)11(15)13-9-7-5-6-8(9)10(13)14;1-4-10(2,3)9(12)14-7-5-6-13-8(7)11;1-4-10(2,3)9(11)13-8-7-14-6-5-12-8;;;;;;;;;;/h12-16H,6-11H2,1-5H3;11-12,18H,4-10H2,1-3H3;8-9H,4-7H2,1-3H3;7H,4-6H2,1-3H3;8H,4-7H2,1-3H3;10*1H4. The molecule has 9 aliphatic carbocycles. The first-order valence-corrected chi connectivity index (χ1v) is 33.6. The van der Waals surface area contributed by atoms with Crippen LogP contribution in [0.1, 0.15) is 320 Å². The molecule has 93 heavy (non-hydrogen) atoms. The fourth-order valence-electron chi connectivity index (χ4n) is 14.8. The van der Waals surface area contributed by atoms with E-state index in [0.29, 0.717) is 62.1 Å². The summed E-state index contributed by atoms with van der Waals surface area (Å²) in [5, 5.41) is 10.6. The van der Waals surface area contributed by atoms with Gasteiger partial charge in [0.05, 0.1) is 58.2 Å². The Balaban J connectivity index is -0.000000341. The molecule has 0 aromatic heterocycles. The van der Waals surface area contributed by atoms with Gasteiger partial charge in [-0.1, -0.05) is 143 Å². The van der Waals surface area contributed by atoms with Crippen molar-refractivity contribution in [2.75, 3.05) is 24.7 Å². The minimum Gasteiger partial charge on any atom is -0.463 e. The van der Waals surface area contributed by atoms with Crippen LogP contribution in [0.15, 0.2) is 0 Å². The van der Waals surface area contributed by atoms with E-state index in [2.05, 4.69) is 20.8 Å². The van der Waals surface area contributed by atoms with Crippen LogP contribution in [0.5, 0.6) is 0 Å². The highest BCUT2D eigenvalue weighted by molar-refractivity contribution is 7.99. The van der Waals surface area contributed by atoms with Gasteiger partial charge in [0.15, 0.2) is 0 Å². The topological polar surface area (TPSA) is 198 Å². The zero-order valence-electron chi connectivity index (χ0n) is 54.4. The van der Waals surface area contributed by atoms with E-state index in [4.69, 9.17) is 28.4 Å². The summed E-state index contributed by atoms with van der Waals surface area (Å²) in [5.74, 6) is 5.66. The summed E-state index contributed by atoms with van der Waals surface area (Å²) in [5.41, 5.74) is -3.15. The number of β-lactam (4-membered cyclic amide) rings is 1. The van der Waals surface area contributed by atoms with Crippen LogP contribution < -0.4 is 0 Å². The molecule has 0 radical (unpaired) electrons. The second kappa shape index (κ2) is 38.8. The fraction of sp³-hybridized carbons (Fsp3) is 0.909. The van der Waals surface area contributed by atoms with Crippen molar-refractivity contribution in [2.24, 2.45) is 74.4 Å².